The van der Waals surface area contributed by atoms with Crippen molar-refractivity contribution < 1.29 is 0 Å². The van der Waals surface area contributed by atoms with Crippen LogP contribution in [0.1, 0.15) is 46.5 Å². The van der Waals surface area contributed by atoms with Gasteiger partial charge in [-0.15, -0.1) is 0 Å². The molecular weight excluding hydrogens is 134 g/mol. The Kier molecular flexibility index (Phi) is 2.58. The van der Waals surface area contributed by atoms with Gasteiger partial charge in [0.15, 0.2) is 0 Å². The smallest absolute Gasteiger partial charge is 0.00694 e. The normalized spacial score (nSPS) is 25.9. The largest absolute Gasteiger partial charge is 0.327 e. The molecule has 1 nitrogen and oxygen atoms in total. The molecule has 1 aliphatic rings. The van der Waals surface area contributed by atoms with Crippen molar-refractivity contribution >= 4 is 0 Å². The zero-order valence-electron chi connectivity index (χ0n) is 8.06. The van der Waals surface area contributed by atoms with Crippen molar-refractivity contribution in [2.24, 2.45) is 17.1 Å². The van der Waals surface area contributed by atoms with Gasteiger partial charge in [0.25, 0.3) is 0 Å². The van der Waals surface area contributed by atoms with E-state index in [1.165, 1.54) is 25.7 Å². The van der Waals surface area contributed by atoms with E-state index >= 15 is 0 Å². The highest BCUT2D eigenvalue weighted by Gasteiger charge is 2.39. The van der Waals surface area contributed by atoms with Crippen molar-refractivity contribution in [1.82, 2.24) is 0 Å². The van der Waals surface area contributed by atoms with E-state index in [0.29, 0.717) is 11.5 Å². The molecule has 0 saturated heterocycles. The monoisotopic (exact) mass is 155 g/mol. The molecular formula is C10H21N. The predicted molar refractivity (Wildman–Crippen MR) is 49.4 cm³/mol. The quantitative estimate of drug-likeness (QED) is 0.651. The molecule has 1 heteroatoms. The Morgan fingerprint density at radius 3 is 1.73 bits per heavy atom. The summed E-state index contributed by atoms with van der Waals surface area (Å²) >= 11 is 0. The van der Waals surface area contributed by atoms with Crippen LogP contribution in [0.15, 0.2) is 0 Å². The second kappa shape index (κ2) is 3.14. The average Bonchev–Trinajstić information content (AvgIpc) is 2.34. The molecule has 66 valence electrons. The van der Waals surface area contributed by atoms with Crippen LogP contribution >= 0.6 is 0 Å². The molecule has 0 radical (unpaired) electrons. The Morgan fingerprint density at radius 1 is 1.09 bits per heavy atom. The maximum atomic E-state index is 6.03. The Hall–Kier alpha value is -0.0400. The van der Waals surface area contributed by atoms with E-state index in [1.54, 1.807) is 0 Å². The van der Waals surface area contributed by atoms with Crippen LogP contribution in [0.2, 0.25) is 0 Å². The molecule has 0 aromatic rings. The molecule has 2 N–H and O–H groups in total. The van der Waals surface area contributed by atoms with Gasteiger partial charge in [-0.05, 0) is 31.1 Å². The lowest BCUT2D eigenvalue weighted by atomic mass is 9.71. The summed E-state index contributed by atoms with van der Waals surface area (Å²) in [5.41, 5.74) is 6.51. The highest BCUT2D eigenvalue weighted by atomic mass is 14.7. The summed E-state index contributed by atoms with van der Waals surface area (Å²) in [4.78, 5) is 0. The molecule has 0 amide bonds. The van der Waals surface area contributed by atoms with Crippen molar-refractivity contribution in [3.8, 4) is 0 Å². The Labute approximate surface area is 70.4 Å². The van der Waals surface area contributed by atoms with Crippen molar-refractivity contribution in [3.63, 3.8) is 0 Å². The Balaban J connectivity index is 2.70. The molecule has 0 unspecified atom stereocenters. The molecule has 11 heavy (non-hydrogen) atoms. The first-order valence-electron chi connectivity index (χ1n) is 4.85. The fourth-order valence-corrected chi connectivity index (χ4v) is 2.59. The first-order chi connectivity index (χ1) is 5.09. The second-order valence-corrected chi connectivity index (χ2v) is 4.38. The van der Waals surface area contributed by atoms with E-state index in [4.69, 9.17) is 5.73 Å². The summed E-state index contributed by atoms with van der Waals surface area (Å²) in [5, 5.41) is 0. The van der Waals surface area contributed by atoms with Crippen LogP contribution in [0.25, 0.3) is 0 Å². The van der Waals surface area contributed by atoms with Gasteiger partial charge in [0.05, 0.1) is 0 Å². The minimum Gasteiger partial charge on any atom is -0.327 e. The maximum Gasteiger partial charge on any atom is 0.00694 e. The van der Waals surface area contributed by atoms with Crippen molar-refractivity contribution in [3.05, 3.63) is 0 Å². The molecule has 1 rings (SSSR count). The first-order valence-corrected chi connectivity index (χ1v) is 4.85. The van der Waals surface area contributed by atoms with Gasteiger partial charge in [-0.1, -0.05) is 26.7 Å². The van der Waals surface area contributed by atoms with Gasteiger partial charge in [0, 0.05) is 6.04 Å². The van der Waals surface area contributed by atoms with Crippen LogP contribution in [0, 0.1) is 11.3 Å². The van der Waals surface area contributed by atoms with Crippen molar-refractivity contribution in [1.29, 1.82) is 0 Å². The van der Waals surface area contributed by atoms with Crippen molar-refractivity contribution in [2.75, 3.05) is 0 Å². The van der Waals surface area contributed by atoms with Crippen LogP contribution in [0.4, 0.5) is 0 Å². The van der Waals surface area contributed by atoms with Gasteiger partial charge >= 0.3 is 0 Å². The average molecular weight is 155 g/mol. The van der Waals surface area contributed by atoms with Gasteiger partial charge in [-0.3, -0.25) is 0 Å². The van der Waals surface area contributed by atoms with E-state index in [0.717, 1.165) is 5.92 Å². The van der Waals surface area contributed by atoms with Crippen LogP contribution in [0.5, 0.6) is 0 Å². The standard InChI is InChI=1S/C10H21N/c1-8(2)10(9(3)11)6-4-5-7-10/h8-9H,4-7,11H2,1-3H3/t9-/m0/s1. The summed E-state index contributed by atoms with van der Waals surface area (Å²) in [6.45, 7) is 6.80. The molecule has 1 aliphatic carbocycles. The molecule has 0 aromatic carbocycles. The fourth-order valence-electron chi connectivity index (χ4n) is 2.59. The van der Waals surface area contributed by atoms with E-state index in [2.05, 4.69) is 20.8 Å². The van der Waals surface area contributed by atoms with Crippen LogP contribution in [0.3, 0.4) is 0 Å². The lowest BCUT2D eigenvalue weighted by molar-refractivity contribution is 0.158. The third-order valence-corrected chi connectivity index (χ3v) is 3.59. The lowest BCUT2D eigenvalue weighted by Gasteiger charge is -2.37. The minimum atomic E-state index is 0.380. The number of hydrogen-bond donors (Lipinski definition) is 1. The van der Waals surface area contributed by atoms with E-state index in [9.17, 15) is 0 Å². The minimum absolute atomic E-state index is 0.380. The van der Waals surface area contributed by atoms with Gasteiger partial charge < -0.3 is 5.73 Å². The molecule has 1 saturated carbocycles. The second-order valence-electron chi connectivity index (χ2n) is 4.38. The molecule has 0 bridgehead atoms. The molecule has 1 fully saturated rings. The number of rotatable bonds is 2. The lowest BCUT2D eigenvalue weighted by Crippen LogP contribution is -2.41. The van der Waals surface area contributed by atoms with Crippen LogP contribution in [-0.2, 0) is 0 Å². The Morgan fingerprint density at radius 2 is 1.55 bits per heavy atom. The van der Waals surface area contributed by atoms with Gasteiger partial charge in [0.1, 0.15) is 0 Å². The van der Waals surface area contributed by atoms with E-state index in [1.807, 2.05) is 0 Å². The topological polar surface area (TPSA) is 26.0 Å². The third kappa shape index (κ3) is 1.44. The maximum absolute atomic E-state index is 6.03. The Bertz CT molecular complexity index is 111. The van der Waals surface area contributed by atoms with Gasteiger partial charge in [0.2, 0.25) is 0 Å². The summed E-state index contributed by atoms with van der Waals surface area (Å²) < 4.78 is 0. The van der Waals surface area contributed by atoms with Crippen LogP contribution < -0.4 is 5.73 Å². The van der Waals surface area contributed by atoms with Gasteiger partial charge in [-0.2, -0.15) is 0 Å². The predicted octanol–water partition coefficient (Wildman–Crippen LogP) is 2.55. The summed E-state index contributed by atoms with van der Waals surface area (Å²) in [6.07, 6.45) is 5.48. The third-order valence-electron chi connectivity index (χ3n) is 3.59. The van der Waals surface area contributed by atoms with E-state index in [-0.39, 0.29) is 0 Å². The first kappa shape index (κ1) is 9.05. The molecule has 0 aromatic heterocycles. The zero-order valence-corrected chi connectivity index (χ0v) is 8.06. The molecule has 0 heterocycles. The number of hydrogen-bond acceptors (Lipinski definition) is 1. The van der Waals surface area contributed by atoms with Crippen molar-refractivity contribution in [2.45, 2.75) is 52.5 Å². The zero-order chi connectivity index (χ0) is 8.48. The summed E-state index contributed by atoms with van der Waals surface area (Å²) in [5.74, 6) is 0.755. The fraction of sp³-hybridized carbons (Fsp3) is 1.00. The molecule has 0 spiro atoms. The van der Waals surface area contributed by atoms with Gasteiger partial charge in [-0.25, -0.2) is 0 Å². The molecule has 0 aliphatic heterocycles. The SMILES string of the molecule is CC(C)C1([C@H](C)N)CCCC1. The van der Waals surface area contributed by atoms with Crippen LogP contribution in [-0.4, -0.2) is 6.04 Å². The number of nitrogens with two attached hydrogens (primary N) is 1. The van der Waals surface area contributed by atoms with E-state index < -0.39 is 0 Å². The molecule has 1 atom stereocenters. The highest BCUT2D eigenvalue weighted by Crippen LogP contribution is 2.45. The highest BCUT2D eigenvalue weighted by molar-refractivity contribution is 4.93. The summed E-state index contributed by atoms with van der Waals surface area (Å²) in [7, 11) is 0. The summed E-state index contributed by atoms with van der Waals surface area (Å²) in [6, 6.07) is 0.380.